The Kier molecular flexibility index (Phi) is 6.60. The summed E-state index contributed by atoms with van der Waals surface area (Å²) in [5, 5.41) is 14.2. The minimum Gasteiger partial charge on any atom is -0.388 e. The zero-order valence-electron chi connectivity index (χ0n) is 15.3. The maximum Gasteiger partial charge on any atom is 0.239 e. The summed E-state index contributed by atoms with van der Waals surface area (Å²) in [7, 11) is 0. The molecule has 5 heteroatoms. The van der Waals surface area contributed by atoms with Crippen molar-refractivity contribution in [2.24, 2.45) is 5.92 Å². The zero-order valence-corrected chi connectivity index (χ0v) is 16.2. The van der Waals surface area contributed by atoms with Crippen molar-refractivity contribution >= 4 is 18.3 Å². The van der Waals surface area contributed by atoms with Crippen LogP contribution in [0.3, 0.4) is 0 Å². The first kappa shape index (κ1) is 19.7. The lowest BCUT2D eigenvalue weighted by atomic mass is 9.85. The number of amides is 1. The van der Waals surface area contributed by atoms with E-state index in [1.165, 1.54) is 25.7 Å². The molecule has 0 radical (unpaired) electrons. The predicted molar refractivity (Wildman–Crippen MR) is 105 cm³/mol. The molecule has 4 rings (SSSR count). The number of carbonyl (C=O) groups excluding carboxylic acids is 1. The van der Waals surface area contributed by atoms with Crippen LogP contribution in [0, 0.1) is 5.92 Å². The van der Waals surface area contributed by atoms with Crippen LogP contribution in [0.5, 0.6) is 0 Å². The van der Waals surface area contributed by atoms with Crippen molar-refractivity contribution in [3.8, 4) is 0 Å². The molecule has 0 bridgehead atoms. The topological polar surface area (TPSA) is 52.6 Å². The number of benzene rings is 1. The molecular formula is C21H31ClN2O2. The fraction of sp³-hybridized carbons (Fsp3) is 0.667. The van der Waals surface area contributed by atoms with E-state index in [9.17, 15) is 9.90 Å². The molecule has 3 aliphatic rings. The average Bonchev–Trinajstić information content (AvgIpc) is 3.28. The van der Waals surface area contributed by atoms with Crippen LogP contribution >= 0.6 is 12.4 Å². The number of hydrogen-bond acceptors (Lipinski definition) is 3. The Bertz CT molecular complexity index is 583. The van der Waals surface area contributed by atoms with Crippen molar-refractivity contribution in [1.29, 1.82) is 0 Å². The van der Waals surface area contributed by atoms with Gasteiger partial charge in [0.25, 0.3) is 0 Å². The van der Waals surface area contributed by atoms with Gasteiger partial charge in [-0.2, -0.15) is 0 Å². The van der Waals surface area contributed by atoms with Crippen LogP contribution in [-0.4, -0.2) is 40.6 Å². The number of fused-ring (bicyclic) bond motifs is 1. The van der Waals surface area contributed by atoms with Crippen LogP contribution < -0.4 is 5.32 Å². The number of halogens is 1. The van der Waals surface area contributed by atoms with E-state index < -0.39 is 6.10 Å². The smallest absolute Gasteiger partial charge is 0.239 e. The summed E-state index contributed by atoms with van der Waals surface area (Å²) in [4.78, 5) is 15.2. The molecule has 1 aliphatic carbocycles. The van der Waals surface area contributed by atoms with Crippen LogP contribution in [0.2, 0.25) is 0 Å². The summed E-state index contributed by atoms with van der Waals surface area (Å²) in [6.45, 7) is 0.846. The molecule has 1 aromatic rings. The summed E-state index contributed by atoms with van der Waals surface area (Å²) in [5.74, 6) is 0.968. The zero-order chi connectivity index (χ0) is 17.2. The number of nitrogens with zero attached hydrogens (tertiary/aromatic N) is 1. The van der Waals surface area contributed by atoms with Crippen molar-refractivity contribution in [3.05, 3.63) is 35.9 Å². The Morgan fingerprint density at radius 1 is 1.15 bits per heavy atom. The van der Waals surface area contributed by atoms with Gasteiger partial charge in [-0.3, -0.25) is 4.79 Å². The summed E-state index contributed by atoms with van der Waals surface area (Å²) in [6.07, 6.45) is 8.35. The van der Waals surface area contributed by atoms with E-state index in [1.54, 1.807) is 0 Å². The van der Waals surface area contributed by atoms with Gasteiger partial charge >= 0.3 is 0 Å². The lowest BCUT2D eigenvalue weighted by Gasteiger charge is -2.29. The van der Waals surface area contributed by atoms with Crippen LogP contribution in [-0.2, 0) is 4.79 Å². The van der Waals surface area contributed by atoms with Crippen LogP contribution in [0.4, 0.5) is 0 Å². The van der Waals surface area contributed by atoms with E-state index in [4.69, 9.17) is 0 Å². The number of rotatable bonds is 4. The van der Waals surface area contributed by atoms with Crippen molar-refractivity contribution in [2.75, 3.05) is 6.54 Å². The lowest BCUT2D eigenvalue weighted by Crippen LogP contribution is -2.47. The van der Waals surface area contributed by atoms with Gasteiger partial charge in [0.1, 0.15) is 0 Å². The number of nitrogens with one attached hydrogen (secondary N) is 1. The molecule has 3 fully saturated rings. The molecule has 144 valence electrons. The van der Waals surface area contributed by atoms with Crippen LogP contribution in [0.1, 0.15) is 63.0 Å². The SMILES string of the molecule is Cl.O=C(C1CC2CCCCC2N1)N1CCCC1CC(O)c1ccccc1. The van der Waals surface area contributed by atoms with Crippen molar-refractivity contribution in [1.82, 2.24) is 10.2 Å². The number of hydrogen-bond donors (Lipinski definition) is 2. The van der Waals surface area contributed by atoms with Gasteiger partial charge in [-0.05, 0) is 50.0 Å². The molecule has 2 aliphatic heterocycles. The largest absolute Gasteiger partial charge is 0.388 e. The van der Waals surface area contributed by atoms with Gasteiger partial charge in [-0.25, -0.2) is 0 Å². The Labute approximate surface area is 162 Å². The van der Waals surface area contributed by atoms with Gasteiger partial charge in [0, 0.05) is 18.6 Å². The Morgan fingerprint density at radius 3 is 2.69 bits per heavy atom. The number of aliphatic hydroxyl groups is 1. The Balaban J connectivity index is 0.00000196. The van der Waals surface area contributed by atoms with Crippen molar-refractivity contribution in [3.63, 3.8) is 0 Å². The number of carbonyl (C=O) groups is 1. The van der Waals surface area contributed by atoms with Gasteiger partial charge in [-0.1, -0.05) is 43.2 Å². The monoisotopic (exact) mass is 378 g/mol. The van der Waals surface area contributed by atoms with E-state index in [0.717, 1.165) is 31.4 Å². The quantitative estimate of drug-likeness (QED) is 0.843. The van der Waals surface area contributed by atoms with Gasteiger partial charge < -0.3 is 15.3 Å². The molecule has 0 aromatic heterocycles. The summed E-state index contributed by atoms with van der Waals surface area (Å²) >= 11 is 0. The van der Waals surface area contributed by atoms with E-state index in [-0.39, 0.29) is 30.4 Å². The molecule has 2 saturated heterocycles. The van der Waals surface area contributed by atoms with Crippen molar-refractivity contribution < 1.29 is 9.90 Å². The Hall–Kier alpha value is -1.10. The third kappa shape index (κ3) is 4.08. The first-order valence-corrected chi connectivity index (χ1v) is 10.0. The van der Waals surface area contributed by atoms with Gasteiger partial charge in [0.15, 0.2) is 0 Å². The number of likely N-dealkylation sites (tertiary alicyclic amines) is 1. The highest BCUT2D eigenvalue weighted by Gasteiger charge is 2.42. The molecular weight excluding hydrogens is 348 g/mol. The standard InChI is InChI=1S/C21H30N2O2.ClH/c24-20(15-7-2-1-3-8-15)14-17-10-6-12-23(17)21(25)19-13-16-9-4-5-11-18(16)22-19;/h1-3,7-8,16-20,22,24H,4-6,9-14H2;1H. The molecule has 4 nitrogen and oxygen atoms in total. The van der Waals surface area contributed by atoms with E-state index in [2.05, 4.69) is 10.2 Å². The van der Waals surface area contributed by atoms with Crippen LogP contribution in [0.15, 0.2) is 30.3 Å². The lowest BCUT2D eigenvalue weighted by molar-refractivity contribution is -0.134. The third-order valence-corrected chi connectivity index (χ3v) is 6.50. The van der Waals surface area contributed by atoms with Gasteiger partial charge in [-0.15, -0.1) is 12.4 Å². The van der Waals surface area contributed by atoms with Gasteiger partial charge in [0.2, 0.25) is 5.91 Å². The van der Waals surface area contributed by atoms with Gasteiger partial charge in [0.05, 0.1) is 12.1 Å². The molecule has 0 spiro atoms. The third-order valence-electron chi connectivity index (χ3n) is 6.50. The predicted octanol–water partition coefficient (Wildman–Crippen LogP) is 3.44. The average molecular weight is 379 g/mol. The molecule has 26 heavy (non-hydrogen) atoms. The second kappa shape index (κ2) is 8.73. The molecule has 1 amide bonds. The van der Waals surface area contributed by atoms with E-state index >= 15 is 0 Å². The number of aliphatic hydroxyl groups excluding tert-OH is 1. The molecule has 2 N–H and O–H groups in total. The summed E-state index contributed by atoms with van der Waals surface area (Å²) < 4.78 is 0. The highest BCUT2D eigenvalue weighted by Crippen LogP contribution is 2.35. The first-order valence-electron chi connectivity index (χ1n) is 10.0. The maximum atomic E-state index is 13.1. The molecule has 1 aromatic carbocycles. The normalized spacial score (nSPS) is 32.0. The molecule has 5 unspecified atom stereocenters. The first-order chi connectivity index (χ1) is 12.2. The second-order valence-corrected chi connectivity index (χ2v) is 8.10. The highest BCUT2D eigenvalue weighted by molar-refractivity contribution is 5.85. The second-order valence-electron chi connectivity index (χ2n) is 8.10. The molecule has 1 saturated carbocycles. The maximum absolute atomic E-state index is 13.1. The molecule has 5 atom stereocenters. The molecule has 2 heterocycles. The van der Waals surface area contributed by atoms with E-state index in [0.29, 0.717) is 18.4 Å². The minimum atomic E-state index is -0.487. The van der Waals surface area contributed by atoms with E-state index in [1.807, 2.05) is 30.3 Å². The summed E-state index contributed by atoms with van der Waals surface area (Å²) in [6, 6.07) is 10.5. The highest BCUT2D eigenvalue weighted by atomic mass is 35.5. The van der Waals surface area contributed by atoms with Crippen LogP contribution in [0.25, 0.3) is 0 Å². The fourth-order valence-electron chi connectivity index (χ4n) is 5.15. The summed E-state index contributed by atoms with van der Waals surface area (Å²) in [5.41, 5.74) is 0.951. The minimum absolute atomic E-state index is 0. The van der Waals surface area contributed by atoms with Crippen molar-refractivity contribution in [2.45, 2.75) is 75.6 Å². The Morgan fingerprint density at radius 2 is 1.92 bits per heavy atom. The fourth-order valence-corrected chi connectivity index (χ4v) is 5.15.